The van der Waals surface area contributed by atoms with Crippen LogP contribution in [0, 0.1) is 6.92 Å². The Morgan fingerprint density at radius 3 is 2.75 bits per heavy atom. The third kappa shape index (κ3) is 3.00. The zero-order valence-corrected chi connectivity index (χ0v) is 14.0. The maximum Gasteiger partial charge on any atom is 0.123 e. The van der Waals surface area contributed by atoms with Gasteiger partial charge in [-0.3, -0.25) is 4.68 Å². The molecule has 1 aromatic carbocycles. The van der Waals surface area contributed by atoms with E-state index in [1.165, 1.54) is 0 Å². The number of methoxy groups -OCH3 is 1. The van der Waals surface area contributed by atoms with E-state index in [1.807, 2.05) is 30.8 Å². The number of halogens is 2. The third-order valence-corrected chi connectivity index (χ3v) is 4.53. The average molecular weight is 359 g/mol. The van der Waals surface area contributed by atoms with Crippen molar-refractivity contribution in [2.45, 2.75) is 19.4 Å². The van der Waals surface area contributed by atoms with Gasteiger partial charge in [0.2, 0.25) is 0 Å². The van der Waals surface area contributed by atoms with Crippen LogP contribution in [0.3, 0.4) is 0 Å². The van der Waals surface area contributed by atoms with Crippen LogP contribution in [-0.2, 0) is 13.5 Å². The molecule has 6 heteroatoms. The molecule has 2 N–H and O–H groups in total. The van der Waals surface area contributed by atoms with E-state index in [0.29, 0.717) is 11.4 Å². The molecule has 0 bridgehead atoms. The summed E-state index contributed by atoms with van der Waals surface area (Å²) in [5.41, 5.74) is 9.22. The van der Waals surface area contributed by atoms with E-state index in [9.17, 15) is 0 Å². The second kappa shape index (κ2) is 6.16. The molecule has 0 saturated carbocycles. The van der Waals surface area contributed by atoms with Gasteiger partial charge in [0.15, 0.2) is 0 Å². The lowest BCUT2D eigenvalue weighted by Crippen LogP contribution is -2.16. The largest absolute Gasteiger partial charge is 0.496 e. The highest BCUT2D eigenvalue weighted by Crippen LogP contribution is 2.31. The van der Waals surface area contributed by atoms with E-state index in [0.717, 1.165) is 27.2 Å². The molecule has 1 aromatic heterocycles. The molecule has 0 radical (unpaired) electrons. The molecule has 0 amide bonds. The first kappa shape index (κ1) is 15.4. The van der Waals surface area contributed by atoms with Crippen molar-refractivity contribution < 1.29 is 4.74 Å². The average Bonchev–Trinajstić information content (AvgIpc) is 2.65. The number of nitrogens with zero attached hydrogens (tertiary/aromatic N) is 2. The predicted molar refractivity (Wildman–Crippen MR) is 84.3 cm³/mol. The number of aryl methyl sites for hydroxylation is 2. The number of rotatable bonds is 4. The minimum Gasteiger partial charge on any atom is -0.496 e. The number of nitrogens with two attached hydrogens (primary N) is 1. The first-order valence-corrected chi connectivity index (χ1v) is 7.38. The summed E-state index contributed by atoms with van der Waals surface area (Å²) in [5.74, 6) is 0.747. The Morgan fingerprint density at radius 2 is 2.20 bits per heavy atom. The topological polar surface area (TPSA) is 53.1 Å². The Hall–Kier alpha value is -1.04. The highest BCUT2D eigenvalue weighted by molar-refractivity contribution is 9.10. The summed E-state index contributed by atoms with van der Waals surface area (Å²) in [7, 11) is 3.54. The van der Waals surface area contributed by atoms with Crippen LogP contribution in [0.4, 0.5) is 0 Å². The maximum atomic E-state index is 6.32. The van der Waals surface area contributed by atoms with Crippen LogP contribution < -0.4 is 10.5 Å². The zero-order chi connectivity index (χ0) is 14.9. The Balaban J connectivity index is 2.32. The summed E-state index contributed by atoms with van der Waals surface area (Å²) in [4.78, 5) is 0. The lowest BCUT2D eigenvalue weighted by atomic mass is 10.0. The van der Waals surface area contributed by atoms with Gasteiger partial charge in [-0.2, -0.15) is 5.10 Å². The molecule has 0 spiro atoms. The molecule has 0 saturated heterocycles. The van der Waals surface area contributed by atoms with Crippen molar-refractivity contribution in [2.75, 3.05) is 7.11 Å². The Morgan fingerprint density at radius 1 is 1.50 bits per heavy atom. The number of aromatic nitrogens is 2. The van der Waals surface area contributed by atoms with Crippen molar-refractivity contribution in [1.82, 2.24) is 9.78 Å². The summed E-state index contributed by atoms with van der Waals surface area (Å²) in [6.07, 6.45) is 0.647. The van der Waals surface area contributed by atoms with Crippen molar-refractivity contribution in [1.29, 1.82) is 0 Å². The van der Waals surface area contributed by atoms with Gasteiger partial charge in [-0.1, -0.05) is 11.6 Å². The summed E-state index contributed by atoms with van der Waals surface area (Å²) in [6.45, 7) is 1.96. The SMILES string of the molecule is COc1ccc(Cl)cc1C(N)Cc1c(Br)c(C)nn1C. The fourth-order valence-electron chi connectivity index (χ4n) is 2.22. The van der Waals surface area contributed by atoms with Crippen LogP contribution in [-0.4, -0.2) is 16.9 Å². The molecular weight excluding hydrogens is 342 g/mol. The van der Waals surface area contributed by atoms with E-state index in [-0.39, 0.29) is 6.04 Å². The van der Waals surface area contributed by atoms with Crippen LogP contribution >= 0.6 is 27.5 Å². The fraction of sp³-hybridized carbons (Fsp3) is 0.357. The van der Waals surface area contributed by atoms with E-state index < -0.39 is 0 Å². The molecule has 1 heterocycles. The van der Waals surface area contributed by atoms with Gasteiger partial charge in [0.1, 0.15) is 5.75 Å². The molecule has 2 aromatic rings. The molecule has 1 unspecified atom stereocenters. The van der Waals surface area contributed by atoms with Crippen molar-refractivity contribution in [3.05, 3.63) is 44.6 Å². The minimum absolute atomic E-state index is 0.213. The third-order valence-electron chi connectivity index (χ3n) is 3.27. The number of ether oxygens (including phenoxy) is 1. The van der Waals surface area contributed by atoms with E-state index >= 15 is 0 Å². The van der Waals surface area contributed by atoms with Crippen molar-refractivity contribution >= 4 is 27.5 Å². The van der Waals surface area contributed by atoms with Gasteiger partial charge in [-0.05, 0) is 41.1 Å². The quantitative estimate of drug-likeness (QED) is 0.911. The maximum absolute atomic E-state index is 6.32. The number of benzene rings is 1. The Kier molecular flexibility index (Phi) is 4.73. The number of hydrogen-bond acceptors (Lipinski definition) is 3. The van der Waals surface area contributed by atoms with Gasteiger partial charge >= 0.3 is 0 Å². The van der Waals surface area contributed by atoms with Crippen molar-refractivity contribution in [2.24, 2.45) is 12.8 Å². The first-order chi connectivity index (χ1) is 9.43. The lowest BCUT2D eigenvalue weighted by Gasteiger charge is -2.16. The predicted octanol–water partition coefficient (Wildman–Crippen LogP) is 3.40. The van der Waals surface area contributed by atoms with Gasteiger partial charge in [-0.15, -0.1) is 0 Å². The van der Waals surface area contributed by atoms with Crippen molar-refractivity contribution in [3.8, 4) is 5.75 Å². The fourth-order valence-corrected chi connectivity index (χ4v) is 2.89. The Bertz CT molecular complexity index is 627. The second-order valence-corrected chi connectivity index (χ2v) is 5.90. The molecule has 2 rings (SSSR count). The van der Waals surface area contributed by atoms with E-state index in [4.69, 9.17) is 22.1 Å². The summed E-state index contributed by atoms with van der Waals surface area (Å²) < 4.78 is 8.19. The van der Waals surface area contributed by atoms with Gasteiger partial charge in [0.05, 0.1) is 23.0 Å². The molecule has 0 aliphatic carbocycles. The molecule has 4 nitrogen and oxygen atoms in total. The summed E-state index contributed by atoms with van der Waals surface area (Å²) in [6, 6.07) is 5.26. The zero-order valence-electron chi connectivity index (χ0n) is 11.7. The van der Waals surface area contributed by atoms with Crippen LogP contribution in [0.2, 0.25) is 5.02 Å². The highest BCUT2D eigenvalue weighted by Gasteiger charge is 2.18. The standard InChI is InChI=1S/C14H17BrClN3O/c1-8-14(15)12(19(2)18-8)7-11(17)10-6-9(16)4-5-13(10)20-3/h4-6,11H,7,17H2,1-3H3. The number of hydrogen-bond donors (Lipinski definition) is 1. The molecule has 0 aliphatic heterocycles. The molecule has 0 aliphatic rings. The normalized spacial score (nSPS) is 12.5. The van der Waals surface area contributed by atoms with Crippen LogP contribution in [0.25, 0.3) is 0 Å². The van der Waals surface area contributed by atoms with Gasteiger partial charge in [0, 0.05) is 30.1 Å². The highest BCUT2D eigenvalue weighted by atomic mass is 79.9. The van der Waals surface area contributed by atoms with E-state index in [2.05, 4.69) is 21.0 Å². The van der Waals surface area contributed by atoms with Crippen LogP contribution in [0.1, 0.15) is 23.0 Å². The molecular formula is C14H17BrClN3O. The Labute approximate surface area is 132 Å². The summed E-state index contributed by atoms with van der Waals surface area (Å²) >= 11 is 9.61. The van der Waals surface area contributed by atoms with Crippen LogP contribution in [0.15, 0.2) is 22.7 Å². The minimum atomic E-state index is -0.213. The monoisotopic (exact) mass is 357 g/mol. The van der Waals surface area contributed by atoms with Crippen molar-refractivity contribution in [3.63, 3.8) is 0 Å². The first-order valence-electron chi connectivity index (χ1n) is 6.21. The van der Waals surface area contributed by atoms with Crippen LogP contribution in [0.5, 0.6) is 5.75 Å². The van der Waals surface area contributed by atoms with Gasteiger partial charge in [0.25, 0.3) is 0 Å². The molecule has 1 atom stereocenters. The second-order valence-electron chi connectivity index (χ2n) is 4.67. The smallest absolute Gasteiger partial charge is 0.123 e. The molecule has 108 valence electrons. The molecule has 20 heavy (non-hydrogen) atoms. The summed E-state index contributed by atoms with van der Waals surface area (Å²) in [5, 5.41) is 5.02. The van der Waals surface area contributed by atoms with Gasteiger partial charge < -0.3 is 10.5 Å². The molecule has 0 fully saturated rings. The van der Waals surface area contributed by atoms with Gasteiger partial charge in [-0.25, -0.2) is 0 Å². The van der Waals surface area contributed by atoms with E-state index in [1.54, 1.807) is 13.2 Å². The lowest BCUT2D eigenvalue weighted by molar-refractivity contribution is 0.405.